The van der Waals surface area contributed by atoms with Crippen LogP contribution in [-0.4, -0.2) is 35.9 Å². The highest BCUT2D eigenvalue weighted by atomic mass is 16.4. The van der Waals surface area contributed by atoms with Gasteiger partial charge in [0.2, 0.25) is 17.6 Å². The van der Waals surface area contributed by atoms with Crippen LogP contribution in [0, 0.1) is 6.92 Å². The minimum Gasteiger partial charge on any atom is -0.436 e. The number of hydrogen-bond acceptors (Lipinski definition) is 6. The van der Waals surface area contributed by atoms with E-state index < -0.39 is 11.8 Å². The first-order valence-electron chi connectivity index (χ1n) is 11.9. The quantitative estimate of drug-likeness (QED) is 0.302. The van der Waals surface area contributed by atoms with Crippen molar-refractivity contribution < 1.29 is 14.0 Å². The number of fused-ring (bicyclic) bond motifs is 2. The van der Waals surface area contributed by atoms with Crippen molar-refractivity contribution in [1.29, 1.82) is 0 Å². The number of primary amides is 1. The van der Waals surface area contributed by atoms with Gasteiger partial charge in [0.25, 0.3) is 5.91 Å². The van der Waals surface area contributed by atoms with Crippen LogP contribution in [0.5, 0.6) is 0 Å². The molecule has 0 radical (unpaired) electrons. The van der Waals surface area contributed by atoms with Crippen molar-refractivity contribution in [2.24, 2.45) is 5.73 Å². The van der Waals surface area contributed by atoms with Gasteiger partial charge < -0.3 is 19.3 Å². The van der Waals surface area contributed by atoms with E-state index >= 15 is 0 Å². The van der Waals surface area contributed by atoms with Gasteiger partial charge in [-0.05, 0) is 49.6 Å². The second-order valence-corrected chi connectivity index (χ2v) is 8.60. The number of nitrogens with one attached hydrogen (secondary N) is 1. The standard InChI is InChI=1S/C26H27N7O3/c1-3-18-23(36-16(2)29-18)25(35)31-26-30-20-14-17(24(27)34)10-11-22(20)33(26)13-7-6-12-32-15-28-19-8-4-5-9-21(19)32/h4-5,8-11,14-15H,3,6-7,12-13H2,1-2H3,(H2,27,34)(H,30,31,35). The average molecular weight is 486 g/mol. The monoisotopic (exact) mass is 485 g/mol. The van der Waals surface area contributed by atoms with E-state index in [-0.39, 0.29) is 5.76 Å². The Kier molecular flexibility index (Phi) is 6.24. The lowest BCUT2D eigenvalue weighted by Gasteiger charge is -2.10. The Balaban J connectivity index is 1.38. The summed E-state index contributed by atoms with van der Waals surface area (Å²) in [5.41, 5.74) is 9.86. The predicted molar refractivity (Wildman–Crippen MR) is 136 cm³/mol. The fourth-order valence-corrected chi connectivity index (χ4v) is 4.39. The van der Waals surface area contributed by atoms with E-state index in [0.29, 0.717) is 41.6 Å². The van der Waals surface area contributed by atoms with Gasteiger partial charge in [0, 0.05) is 25.6 Å². The maximum absolute atomic E-state index is 13.0. The molecular weight excluding hydrogens is 458 g/mol. The number of para-hydroxylation sites is 2. The summed E-state index contributed by atoms with van der Waals surface area (Å²) in [5, 5.41) is 2.88. The second kappa shape index (κ2) is 9.65. The summed E-state index contributed by atoms with van der Waals surface area (Å²) in [6.45, 7) is 5.06. The SMILES string of the molecule is CCc1nc(C)oc1C(=O)Nc1nc2cc(C(N)=O)ccc2n1CCCCn1cnc2ccccc21. The number of carbonyl (C=O) groups excluding carboxylic acids is 2. The number of hydrogen-bond donors (Lipinski definition) is 2. The number of nitrogens with two attached hydrogens (primary N) is 1. The molecule has 0 aliphatic heterocycles. The minimum absolute atomic E-state index is 0.179. The first-order valence-corrected chi connectivity index (χ1v) is 11.9. The molecule has 0 aliphatic carbocycles. The van der Waals surface area contributed by atoms with Crippen LogP contribution in [0.1, 0.15) is 52.3 Å². The predicted octanol–water partition coefficient (Wildman–Crippen LogP) is 4.08. The van der Waals surface area contributed by atoms with Crippen LogP contribution in [-0.2, 0) is 19.5 Å². The van der Waals surface area contributed by atoms with Crippen molar-refractivity contribution in [3.8, 4) is 0 Å². The number of benzene rings is 2. The van der Waals surface area contributed by atoms with Crippen molar-refractivity contribution in [1.82, 2.24) is 24.1 Å². The average Bonchev–Trinajstić information content (AvgIpc) is 3.56. The number of aryl methyl sites for hydroxylation is 4. The number of nitrogens with zero attached hydrogens (tertiary/aromatic N) is 5. The van der Waals surface area contributed by atoms with E-state index in [0.717, 1.165) is 35.9 Å². The number of rotatable bonds is 9. The molecule has 0 unspecified atom stereocenters. The molecule has 5 rings (SSSR count). The number of anilines is 1. The van der Waals surface area contributed by atoms with Gasteiger partial charge in [-0.1, -0.05) is 19.1 Å². The molecule has 0 atom stereocenters. The highest BCUT2D eigenvalue weighted by Gasteiger charge is 2.21. The van der Waals surface area contributed by atoms with Crippen LogP contribution < -0.4 is 11.1 Å². The van der Waals surface area contributed by atoms with Gasteiger partial charge in [-0.3, -0.25) is 14.9 Å². The summed E-state index contributed by atoms with van der Waals surface area (Å²) in [4.78, 5) is 38.0. The third-order valence-corrected chi connectivity index (χ3v) is 6.16. The number of carbonyl (C=O) groups is 2. The first-order chi connectivity index (χ1) is 17.4. The molecule has 2 aromatic carbocycles. The van der Waals surface area contributed by atoms with Crippen LogP contribution in [0.15, 0.2) is 53.2 Å². The van der Waals surface area contributed by atoms with Gasteiger partial charge in [0.15, 0.2) is 5.89 Å². The van der Waals surface area contributed by atoms with E-state index in [4.69, 9.17) is 10.2 Å². The van der Waals surface area contributed by atoms with Crippen molar-refractivity contribution in [3.63, 3.8) is 0 Å². The van der Waals surface area contributed by atoms with Gasteiger partial charge in [-0.25, -0.2) is 15.0 Å². The lowest BCUT2D eigenvalue weighted by atomic mass is 10.2. The molecule has 0 spiro atoms. The molecule has 36 heavy (non-hydrogen) atoms. The highest BCUT2D eigenvalue weighted by Crippen LogP contribution is 2.24. The smallest absolute Gasteiger partial charge is 0.295 e. The molecule has 10 nitrogen and oxygen atoms in total. The zero-order chi connectivity index (χ0) is 25.2. The fraction of sp³-hybridized carbons (Fsp3) is 0.269. The van der Waals surface area contributed by atoms with Crippen LogP contribution in [0.25, 0.3) is 22.1 Å². The van der Waals surface area contributed by atoms with Crippen molar-refractivity contribution >= 4 is 39.8 Å². The summed E-state index contributed by atoms with van der Waals surface area (Å²) in [6.07, 6.45) is 4.16. The lowest BCUT2D eigenvalue weighted by Crippen LogP contribution is -2.17. The normalized spacial score (nSPS) is 11.4. The Bertz CT molecular complexity index is 1580. The fourth-order valence-electron chi connectivity index (χ4n) is 4.39. The van der Waals surface area contributed by atoms with E-state index in [9.17, 15) is 9.59 Å². The van der Waals surface area contributed by atoms with Crippen molar-refractivity contribution in [3.05, 3.63) is 71.7 Å². The minimum atomic E-state index is -0.533. The molecule has 3 N–H and O–H groups in total. The van der Waals surface area contributed by atoms with Gasteiger partial charge in [0.1, 0.15) is 0 Å². The molecule has 0 bridgehead atoms. The molecular formula is C26H27N7O3. The van der Waals surface area contributed by atoms with Crippen LogP contribution in [0.2, 0.25) is 0 Å². The summed E-state index contributed by atoms with van der Waals surface area (Å²) in [7, 11) is 0. The topological polar surface area (TPSA) is 134 Å². The largest absolute Gasteiger partial charge is 0.436 e. The highest BCUT2D eigenvalue weighted by molar-refractivity contribution is 6.03. The molecule has 0 saturated carbocycles. The Morgan fingerprint density at radius 1 is 1.03 bits per heavy atom. The number of unbranched alkanes of at least 4 members (excludes halogenated alkanes) is 1. The van der Waals surface area contributed by atoms with Crippen LogP contribution >= 0.6 is 0 Å². The first kappa shape index (κ1) is 23.3. The van der Waals surface area contributed by atoms with E-state index in [1.54, 1.807) is 25.1 Å². The zero-order valence-electron chi connectivity index (χ0n) is 20.2. The third-order valence-electron chi connectivity index (χ3n) is 6.16. The molecule has 0 fully saturated rings. The zero-order valence-corrected chi connectivity index (χ0v) is 20.2. The summed E-state index contributed by atoms with van der Waals surface area (Å²) >= 11 is 0. The van der Waals surface area contributed by atoms with E-state index in [1.807, 2.05) is 36.0 Å². The van der Waals surface area contributed by atoms with Crippen molar-refractivity contribution in [2.75, 3.05) is 5.32 Å². The maximum atomic E-state index is 13.0. The Hall–Kier alpha value is -4.47. The van der Waals surface area contributed by atoms with Gasteiger partial charge in [-0.15, -0.1) is 0 Å². The number of oxazole rings is 1. The Morgan fingerprint density at radius 2 is 1.83 bits per heavy atom. The van der Waals surface area contributed by atoms with E-state index in [1.165, 1.54) is 0 Å². The van der Waals surface area contributed by atoms with Crippen LogP contribution in [0.4, 0.5) is 5.95 Å². The van der Waals surface area contributed by atoms with Crippen molar-refractivity contribution in [2.45, 2.75) is 46.2 Å². The van der Waals surface area contributed by atoms with E-state index in [2.05, 4.69) is 30.9 Å². The van der Waals surface area contributed by atoms with Gasteiger partial charge in [0.05, 0.1) is 34.1 Å². The molecule has 0 saturated heterocycles. The Morgan fingerprint density at radius 3 is 2.64 bits per heavy atom. The Labute approximate surface area is 207 Å². The summed E-state index contributed by atoms with van der Waals surface area (Å²) in [5.74, 6) is 0.0428. The van der Waals surface area contributed by atoms with Crippen LogP contribution in [0.3, 0.4) is 0 Å². The van der Waals surface area contributed by atoms with Gasteiger partial charge in [-0.2, -0.15) is 0 Å². The number of aromatic nitrogens is 5. The molecule has 184 valence electrons. The molecule has 10 heteroatoms. The summed E-state index contributed by atoms with van der Waals surface area (Å²) in [6, 6.07) is 13.2. The molecule has 2 amide bonds. The third kappa shape index (κ3) is 4.45. The number of imidazole rings is 2. The summed E-state index contributed by atoms with van der Waals surface area (Å²) < 4.78 is 9.63. The lowest BCUT2D eigenvalue weighted by molar-refractivity contribution is 0.0988. The molecule has 3 aromatic heterocycles. The molecule has 3 heterocycles. The van der Waals surface area contributed by atoms with Gasteiger partial charge >= 0.3 is 0 Å². The second-order valence-electron chi connectivity index (χ2n) is 8.60. The number of amides is 2. The molecule has 0 aliphatic rings. The maximum Gasteiger partial charge on any atom is 0.295 e. The molecule has 5 aromatic rings.